The fourth-order valence-electron chi connectivity index (χ4n) is 13.3. The zero-order chi connectivity index (χ0) is 63.1. The van der Waals surface area contributed by atoms with Crippen molar-refractivity contribution in [3.63, 3.8) is 0 Å². The number of rotatable bonds is 16. The van der Waals surface area contributed by atoms with Gasteiger partial charge in [0, 0.05) is 71.8 Å². The van der Waals surface area contributed by atoms with E-state index in [0.717, 1.165) is 50.7 Å². The largest absolute Gasteiger partial charge is 0.458 e. The molecule has 0 N–H and O–H groups in total. The molecule has 10 bridgehead atoms. The van der Waals surface area contributed by atoms with Gasteiger partial charge in [0.25, 0.3) is 0 Å². The third kappa shape index (κ3) is 15.5. The van der Waals surface area contributed by atoms with E-state index in [1.54, 1.807) is 6.92 Å². The maximum absolute atomic E-state index is 11.7. The number of ether oxygens (including phenoxy) is 13. The zero-order valence-corrected chi connectivity index (χ0v) is 48.6. The molecule has 0 spiro atoms. The van der Waals surface area contributed by atoms with Crippen LogP contribution in [0, 0.1) is 53.3 Å². The fourth-order valence-corrected chi connectivity index (χ4v) is 13.3. The Bertz CT molecular complexity index is 2850. The van der Waals surface area contributed by atoms with Crippen molar-refractivity contribution in [3.8, 4) is 0 Å². The molecule has 19 unspecified atom stereocenters. The standard InChI is InChI=1S/C14H16O6.C13H14O6.C13H16O6.C11H14O4.C10H12O4/c1-6(2)13(16)18-5-10(15)19-11-7-3-8-9(4-7)14(17)20-12(8)11;1-2-9(14)17-5-10(15)18-11-6-3-7-8(4-6)13(16)19-12(7)11;1-7(2)12(15)17-6-11(14)18-9-4-3-8-5-10(9)19-13(8)16;1-6(2)10(12)14-8-4-3-7-5-9(8)15-11(7)13;1-2-9(11)13-7-4-3-6-5-8(7)14-10(6)12/h7-9,11-12H,1,3-5H2,2H3;2,6-8,11-12H,1,3-5H2;8-10H,1,3-6H2,2H3;7-9H,1,3-5H2,2H3;2,6-8H,1,3-5H2. The normalized spacial score (nSPS) is 34.3. The predicted octanol–water partition coefficient (Wildman–Crippen LogP) is 3.56. The second kappa shape index (κ2) is 28.1. The van der Waals surface area contributed by atoms with Crippen LogP contribution in [0.2, 0.25) is 0 Å². The maximum atomic E-state index is 11.7. The van der Waals surface area contributed by atoms with E-state index < -0.39 is 79.8 Å². The molecule has 5 aliphatic heterocycles. The lowest BCUT2D eigenvalue weighted by Crippen LogP contribution is -2.37. The molecule has 5 heterocycles. The molecule has 0 aromatic rings. The zero-order valence-electron chi connectivity index (χ0n) is 48.6. The summed E-state index contributed by atoms with van der Waals surface area (Å²) < 4.78 is 66.0. The van der Waals surface area contributed by atoms with E-state index in [9.17, 15) is 62.3 Å². The summed E-state index contributed by atoms with van der Waals surface area (Å²) in [6.07, 6.45) is 8.25. The van der Waals surface area contributed by atoms with Gasteiger partial charge in [-0.2, -0.15) is 0 Å². The van der Waals surface area contributed by atoms with Crippen LogP contribution in [0.4, 0.5) is 0 Å². The molecule has 0 aromatic carbocycles. The Morgan fingerprint density at radius 1 is 0.414 bits per heavy atom. The van der Waals surface area contributed by atoms with Gasteiger partial charge in [-0.1, -0.05) is 32.9 Å². The summed E-state index contributed by atoms with van der Waals surface area (Å²) in [6.45, 7) is 20.2. The van der Waals surface area contributed by atoms with Crippen molar-refractivity contribution >= 4 is 77.6 Å². The number of carbonyl (C=O) groups excluding carboxylic acids is 13. The van der Waals surface area contributed by atoms with Crippen molar-refractivity contribution in [3.05, 3.63) is 61.8 Å². The first-order valence-electron chi connectivity index (χ1n) is 29.1. The van der Waals surface area contributed by atoms with E-state index in [-0.39, 0.29) is 143 Å². The molecule has 0 radical (unpaired) electrons. The van der Waals surface area contributed by atoms with Crippen molar-refractivity contribution in [1.82, 2.24) is 0 Å². The molecule has 26 nitrogen and oxygen atoms in total. The van der Waals surface area contributed by atoms with E-state index >= 15 is 0 Å². The number of hydrogen-bond donors (Lipinski definition) is 0. The lowest BCUT2D eigenvalue weighted by atomic mass is 9.88. The second-order valence-corrected chi connectivity index (χ2v) is 23.6. The number of carbonyl (C=O) groups is 13. The van der Waals surface area contributed by atoms with Gasteiger partial charge in [-0.3, -0.25) is 24.0 Å². The van der Waals surface area contributed by atoms with Crippen LogP contribution in [-0.2, 0) is 124 Å². The van der Waals surface area contributed by atoms with Crippen LogP contribution in [0.15, 0.2) is 61.8 Å². The van der Waals surface area contributed by atoms with Gasteiger partial charge in [0.05, 0.1) is 29.6 Å². The van der Waals surface area contributed by atoms with Crippen molar-refractivity contribution in [1.29, 1.82) is 0 Å². The average Bonchev–Trinajstić information content (AvgIpc) is 1.68. The molecule has 7 saturated carbocycles. The number of hydrogen-bond acceptors (Lipinski definition) is 26. The van der Waals surface area contributed by atoms with Crippen LogP contribution in [0.5, 0.6) is 0 Å². The highest BCUT2D eigenvalue weighted by molar-refractivity contribution is 5.90. The Hall–Kier alpha value is -8.19. The molecule has 5 saturated heterocycles. The van der Waals surface area contributed by atoms with Gasteiger partial charge in [0.2, 0.25) is 0 Å². The van der Waals surface area contributed by atoms with E-state index in [0.29, 0.717) is 50.5 Å². The highest BCUT2D eigenvalue weighted by Crippen LogP contribution is 2.56. The average molecular weight is 1220 g/mol. The quantitative estimate of drug-likeness (QED) is 0.121. The van der Waals surface area contributed by atoms with Gasteiger partial charge >= 0.3 is 77.6 Å². The summed E-state index contributed by atoms with van der Waals surface area (Å²) in [5.74, 6) is -4.78. The highest BCUT2D eigenvalue weighted by Gasteiger charge is 2.64. The van der Waals surface area contributed by atoms with Crippen LogP contribution >= 0.6 is 0 Å². The Labute approximate surface area is 500 Å². The Balaban J connectivity index is 0.000000142. The Morgan fingerprint density at radius 2 is 0.770 bits per heavy atom. The van der Waals surface area contributed by atoms with Gasteiger partial charge in [-0.15, -0.1) is 0 Å². The fraction of sp³-hybridized carbons (Fsp3) is 0.623. The van der Waals surface area contributed by atoms with E-state index in [1.165, 1.54) is 13.8 Å². The molecule has 12 fully saturated rings. The first-order chi connectivity index (χ1) is 41.3. The molecule has 0 amide bonds. The van der Waals surface area contributed by atoms with Crippen LogP contribution < -0.4 is 0 Å². The topological polar surface area (TPSA) is 342 Å². The van der Waals surface area contributed by atoms with Crippen molar-refractivity contribution < 1.29 is 124 Å². The van der Waals surface area contributed by atoms with E-state index in [4.69, 9.17) is 52.1 Å². The minimum absolute atomic E-state index is 0.0106. The van der Waals surface area contributed by atoms with E-state index in [2.05, 4.69) is 42.4 Å². The van der Waals surface area contributed by atoms with Crippen LogP contribution in [-0.4, -0.2) is 158 Å². The number of fused-ring (bicyclic) bond motifs is 8. The van der Waals surface area contributed by atoms with Gasteiger partial charge in [0.1, 0.15) is 61.0 Å². The van der Waals surface area contributed by atoms with Gasteiger partial charge in [-0.05, 0) is 85.0 Å². The van der Waals surface area contributed by atoms with Crippen molar-refractivity contribution in [2.24, 2.45) is 53.3 Å². The minimum Gasteiger partial charge on any atom is -0.458 e. The molecular formula is C61H72O26. The molecule has 12 aliphatic rings. The second-order valence-electron chi connectivity index (χ2n) is 23.6. The molecular weight excluding hydrogens is 1150 g/mol. The third-order valence-electron chi connectivity index (χ3n) is 17.5. The molecule has 472 valence electrons. The van der Waals surface area contributed by atoms with Crippen molar-refractivity contribution in [2.75, 3.05) is 19.8 Å². The highest BCUT2D eigenvalue weighted by atomic mass is 16.6. The minimum atomic E-state index is -0.669. The first-order valence-corrected chi connectivity index (χ1v) is 29.1. The summed E-state index contributed by atoms with van der Waals surface area (Å²) >= 11 is 0. The molecule has 0 aromatic heterocycles. The summed E-state index contributed by atoms with van der Waals surface area (Å²) in [5.41, 5.74) is 0.824. The summed E-state index contributed by atoms with van der Waals surface area (Å²) in [7, 11) is 0. The Morgan fingerprint density at radius 3 is 1.15 bits per heavy atom. The molecule has 7 aliphatic carbocycles. The lowest BCUT2D eigenvalue weighted by Gasteiger charge is -2.25. The lowest BCUT2D eigenvalue weighted by molar-refractivity contribution is -0.168. The van der Waals surface area contributed by atoms with Gasteiger partial charge in [0.15, 0.2) is 19.8 Å². The maximum Gasteiger partial charge on any atom is 0.344 e. The van der Waals surface area contributed by atoms with Crippen LogP contribution in [0.1, 0.15) is 104 Å². The summed E-state index contributed by atoms with van der Waals surface area (Å²) in [4.78, 5) is 147. The summed E-state index contributed by atoms with van der Waals surface area (Å²) in [5, 5.41) is 0. The van der Waals surface area contributed by atoms with Crippen LogP contribution in [0.3, 0.4) is 0 Å². The predicted molar refractivity (Wildman–Crippen MR) is 288 cm³/mol. The molecule has 26 heteroatoms. The summed E-state index contributed by atoms with van der Waals surface area (Å²) in [6, 6.07) is 0. The smallest absolute Gasteiger partial charge is 0.344 e. The monoisotopic (exact) mass is 1220 g/mol. The SMILES string of the molecule is C=C(C)C(=O)OC1CCC2CC1OC2=O.C=C(C)C(=O)OCC(=O)OC1C2CC3C(=O)OC1C3C2.C=C(C)C(=O)OCC(=O)OC1CCC2CC1OC2=O.C=CC(=O)OC1CCC2CC1OC2=O.C=CC(=O)OCC(=O)OC1C2CC3C(=O)OC1C3C2. The molecule has 12 rings (SSSR count). The van der Waals surface area contributed by atoms with Gasteiger partial charge in [-0.25, -0.2) is 38.4 Å². The Kier molecular flexibility index (Phi) is 20.9. The molecule has 87 heavy (non-hydrogen) atoms. The number of esters is 13. The molecule has 19 atom stereocenters. The van der Waals surface area contributed by atoms with Crippen LogP contribution in [0.25, 0.3) is 0 Å². The van der Waals surface area contributed by atoms with E-state index in [1.807, 2.05) is 0 Å². The first kappa shape index (κ1) is 64.8. The third-order valence-corrected chi connectivity index (χ3v) is 17.5. The van der Waals surface area contributed by atoms with Crippen molar-refractivity contribution in [2.45, 2.75) is 165 Å². The van der Waals surface area contributed by atoms with Gasteiger partial charge < -0.3 is 61.6 Å².